The fourth-order valence-electron chi connectivity index (χ4n) is 4.63. The maximum Gasteiger partial charge on any atom is 0.271 e. The largest absolute Gasteiger partial charge is 0.348 e. The van der Waals surface area contributed by atoms with E-state index in [4.69, 9.17) is 23.2 Å². The Morgan fingerprint density at radius 3 is 2.34 bits per heavy atom. The van der Waals surface area contributed by atoms with Gasteiger partial charge in [0.15, 0.2) is 0 Å². The topological polar surface area (TPSA) is 146 Å². The zero-order valence-corrected chi connectivity index (χ0v) is 26.7. The Kier molecular flexibility index (Phi) is 10.8. The number of rotatable bonds is 10. The van der Waals surface area contributed by atoms with Crippen LogP contribution in [-0.2, 0) is 21.9 Å². The quantitative estimate of drug-likeness (QED) is 0.281. The van der Waals surface area contributed by atoms with Crippen LogP contribution in [0.1, 0.15) is 33.7 Å². The first kappa shape index (κ1) is 33.1. The van der Waals surface area contributed by atoms with Crippen LogP contribution < -0.4 is 16.0 Å². The van der Waals surface area contributed by atoms with Crippen molar-refractivity contribution < 1.29 is 22.8 Å². The molecule has 1 aliphatic rings. The minimum Gasteiger partial charge on any atom is -0.348 e. The Balaban J connectivity index is 1.37. The summed E-state index contributed by atoms with van der Waals surface area (Å²) in [6, 6.07) is 10.5. The SMILES string of the molecule is CN(C)C/C=C/C(=O)Nc1cccc(S(=O)(=O)N2CCC(NC(=O)c3c(NC(=O)c4c(Cl)cccc4Cl)cnn3C)CC2)c1. The number of benzene rings is 2. The van der Waals surface area contributed by atoms with E-state index in [-0.39, 0.29) is 56.9 Å². The van der Waals surface area contributed by atoms with Crippen LogP contribution in [0.3, 0.4) is 0 Å². The number of nitrogens with one attached hydrogen (secondary N) is 3. The average Bonchev–Trinajstić information content (AvgIpc) is 3.32. The molecule has 0 radical (unpaired) electrons. The number of halogens is 2. The lowest BCUT2D eigenvalue weighted by Gasteiger charge is -2.31. The van der Waals surface area contributed by atoms with E-state index in [1.165, 1.54) is 45.5 Å². The van der Waals surface area contributed by atoms with E-state index in [2.05, 4.69) is 21.0 Å². The fourth-order valence-corrected chi connectivity index (χ4v) is 6.72. The number of likely N-dealkylation sites (N-methyl/N-ethyl adjacent to an activating group) is 1. The Hall–Kier alpha value is -3.75. The van der Waals surface area contributed by atoms with E-state index in [0.29, 0.717) is 25.1 Å². The molecule has 15 heteroatoms. The third-order valence-corrected chi connectivity index (χ3v) is 9.38. The van der Waals surface area contributed by atoms with Crippen molar-refractivity contribution in [2.24, 2.45) is 7.05 Å². The van der Waals surface area contributed by atoms with Gasteiger partial charge < -0.3 is 20.9 Å². The number of aromatic nitrogens is 2. The van der Waals surface area contributed by atoms with Crippen LogP contribution in [0.2, 0.25) is 10.0 Å². The zero-order valence-electron chi connectivity index (χ0n) is 24.4. The molecule has 12 nitrogen and oxygen atoms in total. The van der Waals surface area contributed by atoms with E-state index in [1.807, 2.05) is 19.0 Å². The van der Waals surface area contributed by atoms with Crippen LogP contribution in [0.15, 0.2) is 65.7 Å². The second-order valence-corrected chi connectivity index (χ2v) is 13.2. The van der Waals surface area contributed by atoms with Gasteiger partial charge in [0, 0.05) is 44.5 Å². The number of carbonyl (C=O) groups is 3. The van der Waals surface area contributed by atoms with E-state index in [9.17, 15) is 22.8 Å². The number of hydrogen-bond donors (Lipinski definition) is 3. The maximum absolute atomic E-state index is 13.4. The van der Waals surface area contributed by atoms with Crippen LogP contribution in [0.25, 0.3) is 0 Å². The number of piperidine rings is 1. The van der Waals surface area contributed by atoms with Gasteiger partial charge in [-0.2, -0.15) is 9.40 Å². The third-order valence-electron chi connectivity index (χ3n) is 6.86. The predicted molar refractivity (Wildman–Crippen MR) is 170 cm³/mol. The molecule has 44 heavy (non-hydrogen) atoms. The molecule has 234 valence electrons. The van der Waals surface area contributed by atoms with Gasteiger partial charge in [0.25, 0.3) is 11.8 Å². The van der Waals surface area contributed by atoms with Gasteiger partial charge in [0.05, 0.1) is 32.4 Å². The van der Waals surface area contributed by atoms with Crippen molar-refractivity contribution >= 4 is 62.3 Å². The Labute approximate surface area is 266 Å². The molecule has 1 saturated heterocycles. The van der Waals surface area contributed by atoms with Crippen molar-refractivity contribution in [2.45, 2.75) is 23.8 Å². The molecule has 2 aromatic carbocycles. The molecule has 1 aliphatic heterocycles. The van der Waals surface area contributed by atoms with Gasteiger partial charge in [-0.05, 0) is 57.3 Å². The number of sulfonamides is 1. The summed E-state index contributed by atoms with van der Waals surface area (Å²) in [6.45, 7) is 0.950. The number of amides is 3. The summed E-state index contributed by atoms with van der Waals surface area (Å²) in [5.74, 6) is -1.43. The molecule has 2 heterocycles. The lowest BCUT2D eigenvalue weighted by Crippen LogP contribution is -2.46. The van der Waals surface area contributed by atoms with Crippen molar-refractivity contribution in [1.82, 2.24) is 24.3 Å². The maximum atomic E-state index is 13.4. The Morgan fingerprint density at radius 2 is 1.68 bits per heavy atom. The standard InChI is InChI=1S/C29H33Cl2N7O5S/c1-36(2)14-6-11-25(39)33-20-7-4-8-21(17-20)44(42,43)38-15-12-19(13-16-38)34-29(41)27-24(18-32-37(27)3)35-28(40)26-22(30)9-5-10-23(26)31/h4-11,17-19H,12-16H2,1-3H3,(H,33,39)(H,34,41)(H,35,40)/b11-6+. The lowest BCUT2D eigenvalue weighted by atomic mass is 10.1. The molecule has 0 atom stereocenters. The summed E-state index contributed by atoms with van der Waals surface area (Å²) < 4.78 is 29.5. The molecule has 0 saturated carbocycles. The first-order valence-corrected chi connectivity index (χ1v) is 15.9. The summed E-state index contributed by atoms with van der Waals surface area (Å²) in [4.78, 5) is 40.3. The molecule has 3 N–H and O–H groups in total. The highest BCUT2D eigenvalue weighted by Gasteiger charge is 2.31. The highest BCUT2D eigenvalue weighted by atomic mass is 35.5. The molecule has 0 bridgehead atoms. The molecule has 4 rings (SSSR count). The average molecular weight is 663 g/mol. The second-order valence-electron chi connectivity index (χ2n) is 10.4. The van der Waals surface area contributed by atoms with Gasteiger partial charge in [-0.15, -0.1) is 0 Å². The van der Waals surface area contributed by atoms with Crippen molar-refractivity contribution in [2.75, 3.05) is 44.4 Å². The normalized spacial score (nSPS) is 14.6. The number of carbonyl (C=O) groups excluding carboxylic acids is 3. The number of aryl methyl sites for hydroxylation is 1. The van der Waals surface area contributed by atoms with E-state index < -0.39 is 21.8 Å². The van der Waals surface area contributed by atoms with Crippen LogP contribution in [0.5, 0.6) is 0 Å². The Morgan fingerprint density at radius 1 is 1.02 bits per heavy atom. The number of hydrogen-bond acceptors (Lipinski definition) is 7. The van der Waals surface area contributed by atoms with Gasteiger partial charge in [-0.3, -0.25) is 19.1 Å². The van der Waals surface area contributed by atoms with E-state index in [0.717, 1.165) is 0 Å². The van der Waals surface area contributed by atoms with Crippen LogP contribution in [0.4, 0.5) is 11.4 Å². The van der Waals surface area contributed by atoms with Crippen molar-refractivity contribution in [3.63, 3.8) is 0 Å². The molecule has 3 aromatic rings. The summed E-state index contributed by atoms with van der Waals surface area (Å²) in [7, 11) is 1.49. The smallest absolute Gasteiger partial charge is 0.271 e. The van der Waals surface area contributed by atoms with Gasteiger partial charge in [0.2, 0.25) is 15.9 Å². The first-order valence-electron chi connectivity index (χ1n) is 13.7. The predicted octanol–water partition coefficient (Wildman–Crippen LogP) is 3.62. The molecule has 1 aromatic heterocycles. The lowest BCUT2D eigenvalue weighted by molar-refractivity contribution is -0.111. The first-order chi connectivity index (χ1) is 20.9. The summed E-state index contributed by atoms with van der Waals surface area (Å²) in [5.41, 5.74) is 0.728. The minimum atomic E-state index is -3.84. The molecule has 0 unspecified atom stereocenters. The monoisotopic (exact) mass is 661 g/mol. The van der Waals surface area contributed by atoms with Crippen LogP contribution in [-0.4, -0.2) is 84.9 Å². The van der Waals surface area contributed by atoms with Crippen molar-refractivity contribution in [3.05, 3.63) is 82.1 Å². The highest BCUT2D eigenvalue weighted by molar-refractivity contribution is 7.89. The van der Waals surface area contributed by atoms with Crippen molar-refractivity contribution in [3.8, 4) is 0 Å². The minimum absolute atomic E-state index is 0.0592. The van der Waals surface area contributed by atoms with Gasteiger partial charge in [-0.1, -0.05) is 41.4 Å². The van der Waals surface area contributed by atoms with Crippen molar-refractivity contribution in [1.29, 1.82) is 0 Å². The number of nitrogens with zero attached hydrogens (tertiary/aromatic N) is 4. The molecule has 1 fully saturated rings. The summed E-state index contributed by atoms with van der Waals surface area (Å²) >= 11 is 12.3. The highest BCUT2D eigenvalue weighted by Crippen LogP contribution is 2.27. The van der Waals surface area contributed by atoms with E-state index >= 15 is 0 Å². The Bertz CT molecular complexity index is 1660. The van der Waals surface area contributed by atoms with Crippen LogP contribution in [0, 0.1) is 0 Å². The van der Waals surface area contributed by atoms with Gasteiger partial charge >= 0.3 is 0 Å². The molecule has 0 spiro atoms. The fraction of sp³-hybridized carbons (Fsp3) is 0.310. The second kappa shape index (κ2) is 14.4. The molecular weight excluding hydrogens is 629 g/mol. The summed E-state index contributed by atoms with van der Waals surface area (Å²) in [5, 5.41) is 12.7. The van der Waals surface area contributed by atoms with Gasteiger partial charge in [-0.25, -0.2) is 8.42 Å². The van der Waals surface area contributed by atoms with E-state index in [1.54, 1.807) is 31.3 Å². The van der Waals surface area contributed by atoms with Gasteiger partial charge in [0.1, 0.15) is 5.69 Å². The molecule has 0 aliphatic carbocycles. The molecule has 3 amide bonds. The van der Waals surface area contributed by atoms with Crippen LogP contribution >= 0.6 is 23.2 Å². The number of anilines is 2. The third kappa shape index (κ3) is 8.04. The zero-order chi connectivity index (χ0) is 32.0. The summed E-state index contributed by atoms with van der Waals surface area (Å²) in [6.07, 6.45) is 5.20. The molecular formula is C29H33Cl2N7O5S.